The van der Waals surface area contributed by atoms with Gasteiger partial charge in [0.25, 0.3) is 0 Å². The largest absolute Gasteiger partial charge is 0.380 e. The summed E-state index contributed by atoms with van der Waals surface area (Å²) in [5, 5.41) is 0. The summed E-state index contributed by atoms with van der Waals surface area (Å²) < 4.78 is 5.20. The Balaban J connectivity index is 1.99. The summed E-state index contributed by atoms with van der Waals surface area (Å²) >= 11 is 0. The molecule has 1 aliphatic rings. The lowest BCUT2D eigenvalue weighted by Crippen LogP contribution is -2.38. The van der Waals surface area contributed by atoms with Crippen molar-refractivity contribution in [3.63, 3.8) is 0 Å². The van der Waals surface area contributed by atoms with Gasteiger partial charge in [-0.25, -0.2) is 0 Å². The van der Waals surface area contributed by atoms with Gasteiger partial charge in [-0.05, 0) is 18.9 Å². The maximum absolute atomic E-state index is 12.4. The number of rotatable bonds is 5. The van der Waals surface area contributed by atoms with Crippen molar-refractivity contribution < 1.29 is 9.53 Å². The second kappa shape index (κ2) is 6.86. The summed E-state index contributed by atoms with van der Waals surface area (Å²) in [7, 11) is 1.60. The molecule has 0 spiro atoms. The van der Waals surface area contributed by atoms with Crippen molar-refractivity contribution in [1.29, 1.82) is 0 Å². The van der Waals surface area contributed by atoms with Gasteiger partial charge in [-0.2, -0.15) is 0 Å². The van der Waals surface area contributed by atoms with Crippen molar-refractivity contribution in [2.45, 2.75) is 37.8 Å². The molecular weight excluding hydrogens is 252 g/mol. The highest BCUT2D eigenvalue weighted by molar-refractivity contribution is 5.77. The number of methoxy groups -OCH3 is 1. The van der Waals surface area contributed by atoms with E-state index in [2.05, 4.69) is 31.2 Å². The van der Waals surface area contributed by atoms with Crippen LogP contribution in [0.2, 0.25) is 0 Å². The highest BCUT2D eigenvalue weighted by Crippen LogP contribution is 2.31. The van der Waals surface area contributed by atoms with Crippen LogP contribution in [0.4, 0.5) is 0 Å². The molecule has 1 aliphatic heterocycles. The third-order valence-corrected chi connectivity index (χ3v) is 4.16. The number of ether oxygens (including phenoxy) is 1. The second-order valence-corrected chi connectivity index (χ2v) is 5.54. The fourth-order valence-corrected chi connectivity index (χ4v) is 2.92. The molecule has 2 rings (SSSR count). The maximum Gasteiger partial charge on any atom is 0.225 e. The highest BCUT2D eigenvalue weighted by Gasteiger charge is 2.33. The molecule has 0 aliphatic carbocycles. The minimum absolute atomic E-state index is 0.147. The third-order valence-electron chi connectivity index (χ3n) is 4.16. The number of nitrogens with two attached hydrogens (primary N) is 1. The number of hydrogen-bond acceptors (Lipinski definition) is 3. The van der Waals surface area contributed by atoms with Crippen molar-refractivity contribution in [3.8, 4) is 0 Å². The first-order valence-corrected chi connectivity index (χ1v) is 7.23. The van der Waals surface area contributed by atoms with Gasteiger partial charge in [-0.3, -0.25) is 4.79 Å². The quantitative estimate of drug-likeness (QED) is 0.891. The van der Waals surface area contributed by atoms with Gasteiger partial charge in [0.1, 0.15) is 0 Å². The average Bonchev–Trinajstić information content (AvgIpc) is 2.87. The number of likely N-dealkylation sites (tertiary alicyclic amines) is 1. The summed E-state index contributed by atoms with van der Waals surface area (Å²) in [6.45, 7) is 3.29. The molecular formula is C16H24N2O2. The molecule has 4 heteroatoms. The molecule has 3 unspecified atom stereocenters. The standard InChI is InChI=1S/C16H24N2O2/c1-12-8-14(13-6-4-3-5-7-13)11-18(12)16(19)9-15(10-17)20-2/h3-7,12,14-15H,8-11,17H2,1-2H3. The van der Waals surface area contributed by atoms with Crippen LogP contribution in [0.1, 0.15) is 31.2 Å². The van der Waals surface area contributed by atoms with E-state index in [0.717, 1.165) is 13.0 Å². The van der Waals surface area contributed by atoms with Crippen molar-refractivity contribution in [3.05, 3.63) is 35.9 Å². The Morgan fingerprint density at radius 1 is 1.45 bits per heavy atom. The summed E-state index contributed by atoms with van der Waals surface area (Å²) in [6.07, 6.45) is 1.22. The average molecular weight is 276 g/mol. The molecule has 2 N–H and O–H groups in total. The molecule has 1 aromatic rings. The van der Waals surface area contributed by atoms with Crippen LogP contribution in [-0.2, 0) is 9.53 Å². The lowest BCUT2D eigenvalue weighted by Gasteiger charge is -2.23. The van der Waals surface area contributed by atoms with Crippen molar-refractivity contribution in [2.75, 3.05) is 20.2 Å². The lowest BCUT2D eigenvalue weighted by molar-refractivity contribution is -0.134. The fraction of sp³-hybridized carbons (Fsp3) is 0.562. The molecule has 0 saturated carbocycles. The predicted molar refractivity (Wildman–Crippen MR) is 79.4 cm³/mol. The summed E-state index contributed by atoms with van der Waals surface area (Å²) in [6, 6.07) is 10.7. The van der Waals surface area contributed by atoms with Crippen molar-refractivity contribution in [2.24, 2.45) is 5.73 Å². The van der Waals surface area contributed by atoms with Gasteiger partial charge in [0.2, 0.25) is 5.91 Å². The molecule has 0 bridgehead atoms. The Bertz CT molecular complexity index is 431. The third kappa shape index (κ3) is 3.38. The van der Waals surface area contributed by atoms with Crippen LogP contribution >= 0.6 is 0 Å². The molecule has 4 nitrogen and oxygen atoms in total. The normalized spacial score (nSPS) is 23.9. The van der Waals surface area contributed by atoms with Gasteiger partial charge >= 0.3 is 0 Å². The first-order chi connectivity index (χ1) is 9.65. The molecule has 0 radical (unpaired) electrons. The number of benzene rings is 1. The van der Waals surface area contributed by atoms with Gasteiger partial charge in [-0.1, -0.05) is 30.3 Å². The van der Waals surface area contributed by atoms with Crippen LogP contribution in [0.15, 0.2) is 30.3 Å². The topological polar surface area (TPSA) is 55.6 Å². The highest BCUT2D eigenvalue weighted by atomic mass is 16.5. The van der Waals surface area contributed by atoms with Gasteiger partial charge in [0.15, 0.2) is 0 Å². The van der Waals surface area contributed by atoms with E-state index in [-0.39, 0.29) is 18.1 Å². The van der Waals surface area contributed by atoms with E-state index < -0.39 is 0 Å². The van der Waals surface area contributed by atoms with Gasteiger partial charge < -0.3 is 15.4 Å². The molecule has 1 aromatic carbocycles. The number of hydrogen-bond donors (Lipinski definition) is 1. The van der Waals surface area contributed by atoms with E-state index in [1.807, 2.05) is 11.0 Å². The van der Waals surface area contributed by atoms with Crippen LogP contribution in [-0.4, -0.2) is 43.2 Å². The van der Waals surface area contributed by atoms with E-state index in [1.54, 1.807) is 7.11 Å². The number of amides is 1. The first kappa shape index (κ1) is 15.0. The smallest absolute Gasteiger partial charge is 0.225 e. The number of nitrogens with zero attached hydrogens (tertiary/aromatic N) is 1. The van der Waals surface area contributed by atoms with Crippen molar-refractivity contribution >= 4 is 5.91 Å². The van der Waals surface area contributed by atoms with Gasteiger partial charge in [0, 0.05) is 32.2 Å². The minimum Gasteiger partial charge on any atom is -0.380 e. The van der Waals surface area contributed by atoms with E-state index in [9.17, 15) is 4.79 Å². The maximum atomic E-state index is 12.4. The Morgan fingerprint density at radius 3 is 2.75 bits per heavy atom. The molecule has 110 valence electrons. The molecule has 1 fully saturated rings. The molecule has 3 atom stereocenters. The lowest BCUT2D eigenvalue weighted by atomic mass is 9.97. The monoisotopic (exact) mass is 276 g/mol. The first-order valence-electron chi connectivity index (χ1n) is 7.23. The Hall–Kier alpha value is -1.39. The van der Waals surface area contributed by atoms with Gasteiger partial charge in [-0.15, -0.1) is 0 Å². The summed E-state index contributed by atoms with van der Waals surface area (Å²) in [5.74, 6) is 0.585. The zero-order valence-corrected chi connectivity index (χ0v) is 12.3. The molecule has 1 saturated heterocycles. The van der Waals surface area contributed by atoms with Crippen molar-refractivity contribution in [1.82, 2.24) is 4.90 Å². The SMILES string of the molecule is COC(CN)CC(=O)N1CC(c2ccccc2)CC1C. The van der Waals surface area contributed by atoms with Crippen LogP contribution in [0.25, 0.3) is 0 Å². The molecule has 1 heterocycles. The van der Waals surface area contributed by atoms with Gasteiger partial charge in [0.05, 0.1) is 12.5 Å². The molecule has 20 heavy (non-hydrogen) atoms. The fourth-order valence-electron chi connectivity index (χ4n) is 2.92. The number of carbonyl (C=O) groups excluding carboxylic acids is 1. The van der Waals surface area contributed by atoms with E-state index in [4.69, 9.17) is 10.5 Å². The second-order valence-electron chi connectivity index (χ2n) is 5.54. The Morgan fingerprint density at radius 2 is 2.15 bits per heavy atom. The zero-order valence-electron chi connectivity index (χ0n) is 12.3. The van der Waals surface area contributed by atoms with E-state index >= 15 is 0 Å². The number of carbonyl (C=O) groups is 1. The van der Waals surface area contributed by atoms with E-state index in [0.29, 0.717) is 18.9 Å². The van der Waals surface area contributed by atoms with Crippen LogP contribution in [0.5, 0.6) is 0 Å². The zero-order chi connectivity index (χ0) is 14.5. The Kier molecular flexibility index (Phi) is 5.15. The minimum atomic E-state index is -0.175. The Labute approximate surface area is 120 Å². The van der Waals surface area contributed by atoms with Crippen LogP contribution in [0.3, 0.4) is 0 Å². The van der Waals surface area contributed by atoms with Crippen LogP contribution in [0, 0.1) is 0 Å². The summed E-state index contributed by atoms with van der Waals surface area (Å²) in [5.41, 5.74) is 6.90. The summed E-state index contributed by atoms with van der Waals surface area (Å²) in [4.78, 5) is 14.3. The van der Waals surface area contributed by atoms with Crippen LogP contribution < -0.4 is 5.73 Å². The predicted octanol–water partition coefficient (Wildman–Crippen LogP) is 1.75. The molecule has 1 amide bonds. The van der Waals surface area contributed by atoms with E-state index in [1.165, 1.54) is 5.56 Å². The molecule has 0 aromatic heterocycles.